The maximum Gasteiger partial charge on any atom is 0.255 e. The summed E-state index contributed by atoms with van der Waals surface area (Å²) in [7, 11) is 0. The molecule has 0 bridgehead atoms. The molecule has 0 saturated carbocycles. The minimum absolute atomic E-state index is 0.155. The minimum atomic E-state index is -0.155. The van der Waals surface area contributed by atoms with Crippen LogP contribution in [-0.4, -0.2) is 24.1 Å². The van der Waals surface area contributed by atoms with Gasteiger partial charge in [0, 0.05) is 18.1 Å². The molecule has 120 valence electrons. The molecule has 2 aromatic rings. The second-order valence-corrected chi connectivity index (χ2v) is 5.97. The lowest BCUT2D eigenvalue weighted by Gasteiger charge is -2.22. The van der Waals surface area contributed by atoms with Gasteiger partial charge in [-0.05, 0) is 42.8 Å². The summed E-state index contributed by atoms with van der Waals surface area (Å²) in [6.45, 7) is 3.15. The highest BCUT2D eigenvalue weighted by Crippen LogP contribution is 2.33. The fourth-order valence-electron chi connectivity index (χ4n) is 2.42. The van der Waals surface area contributed by atoms with Crippen LogP contribution in [0.3, 0.4) is 0 Å². The van der Waals surface area contributed by atoms with Gasteiger partial charge in [0.15, 0.2) is 11.5 Å². The number of fused-ring (bicyclic) bond motifs is 1. The molecule has 0 fully saturated rings. The van der Waals surface area contributed by atoms with Gasteiger partial charge in [0.05, 0.1) is 10.6 Å². The van der Waals surface area contributed by atoms with Gasteiger partial charge in [0.25, 0.3) is 5.91 Å². The molecule has 0 N–H and O–H groups in total. The zero-order valence-electron chi connectivity index (χ0n) is 12.5. The maximum atomic E-state index is 12.7. The Morgan fingerprint density at radius 3 is 2.70 bits per heavy atom. The summed E-state index contributed by atoms with van der Waals surface area (Å²) in [6, 6.07) is 10.5. The molecule has 0 radical (unpaired) electrons. The van der Waals surface area contributed by atoms with Crippen molar-refractivity contribution in [1.29, 1.82) is 0 Å². The number of ether oxygens (including phenoxy) is 2. The van der Waals surface area contributed by atoms with Crippen molar-refractivity contribution in [2.24, 2.45) is 0 Å². The first-order valence-corrected chi connectivity index (χ1v) is 7.97. The standard InChI is InChI=1S/C17H15Cl2NO3/c1-2-20(17(21)13-8-12(18)4-5-14(13)19)9-11-3-6-15-16(7-11)23-10-22-15/h3-8H,2,9-10H2,1H3. The smallest absolute Gasteiger partial charge is 0.255 e. The second kappa shape index (κ2) is 6.69. The number of nitrogens with zero attached hydrogens (tertiary/aromatic N) is 1. The van der Waals surface area contributed by atoms with Crippen molar-refractivity contribution in [2.75, 3.05) is 13.3 Å². The van der Waals surface area contributed by atoms with Gasteiger partial charge in [-0.15, -0.1) is 0 Å². The number of hydrogen-bond acceptors (Lipinski definition) is 3. The second-order valence-electron chi connectivity index (χ2n) is 5.13. The molecular weight excluding hydrogens is 337 g/mol. The maximum absolute atomic E-state index is 12.7. The predicted molar refractivity (Wildman–Crippen MR) is 89.4 cm³/mol. The molecule has 23 heavy (non-hydrogen) atoms. The van der Waals surface area contributed by atoms with Crippen LogP contribution in [-0.2, 0) is 6.54 Å². The van der Waals surface area contributed by atoms with E-state index < -0.39 is 0 Å². The fourth-order valence-corrected chi connectivity index (χ4v) is 2.79. The number of amides is 1. The van der Waals surface area contributed by atoms with Crippen LogP contribution in [0.25, 0.3) is 0 Å². The first-order chi connectivity index (χ1) is 11.1. The van der Waals surface area contributed by atoms with Crippen LogP contribution in [0.4, 0.5) is 0 Å². The average Bonchev–Trinajstić information content (AvgIpc) is 3.02. The Labute approximate surface area is 144 Å². The number of benzene rings is 2. The topological polar surface area (TPSA) is 38.8 Å². The molecule has 1 heterocycles. The SMILES string of the molecule is CCN(Cc1ccc2c(c1)OCO2)C(=O)c1cc(Cl)ccc1Cl. The Bertz CT molecular complexity index is 749. The van der Waals surface area contributed by atoms with Gasteiger partial charge in [-0.3, -0.25) is 4.79 Å². The van der Waals surface area contributed by atoms with Crippen molar-refractivity contribution in [3.05, 3.63) is 57.6 Å². The summed E-state index contributed by atoms with van der Waals surface area (Å²) in [6.07, 6.45) is 0. The van der Waals surface area contributed by atoms with E-state index in [1.165, 1.54) is 0 Å². The largest absolute Gasteiger partial charge is 0.454 e. The van der Waals surface area contributed by atoms with Crippen LogP contribution in [0, 0.1) is 0 Å². The molecule has 6 heteroatoms. The number of carbonyl (C=O) groups excluding carboxylic acids is 1. The van der Waals surface area contributed by atoms with Crippen molar-refractivity contribution in [3.63, 3.8) is 0 Å². The van der Waals surface area contributed by atoms with Gasteiger partial charge in [0.2, 0.25) is 6.79 Å². The molecular formula is C17H15Cl2NO3. The van der Waals surface area contributed by atoms with E-state index in [2.05, 4.69) is 0 Å². The van der Waals surface area contributed by atoms with E-state index >= 15 is 0 Å². The molecule has 0 saturated heterocycles. The van der Waals surface area contributed by atoms with Crippen LogP contribution < -0.4 is 9.47 Å². The van der Waals surface area contributed by atoms with Gasteiger partial charge >= 0.3 is 0 Å². The van der Waals surface area contributed by atoms with E-state index in [0.29, 0.717) is 34.4 Å². The molecule has 2 aromatic carbocycles. The molecule has 4 nitrogen and oxygen atoms in total. The third kappa shape index (κ3) is 3.38. The van der Waals surface area contributed by atoms with E-state index in [0.717, 1.165) is 11.3 Å². The Hall–Kier alpha value is -1.91. The summed E-state index contributed by atoms with van der Waals surface area (Å²) >= 11 is 12.1. The van der Waals surface area contributed by atoms with Crippen molar-refractivity contribution in [1.82, 2.24) is 4.90 Å². The highest BCUT2D eigenvalue weighted by Gasteiger charge is 2.19. The number of hydrogen-bond donors (Lipinski definition) is 0. The number of rotatable bonds is 4. The molecule has 0 aromatic heterocycles. The lowest BCUT2D eigenvalue weighted by molar-refractivity contribution is 0.0752. The van der Waals surface area contributed by atoms with Crippen LogP contribution in [0.2, 0.25) is 10.0 Å². The quantitative estimate of drug-likeness (QED) is 0.820. The highest BCUT2D eigenvalue weighted by molar-refractivity contribution is 6.35. The normalized spacial score (nSPS) is 12.3. The van der Waals surface area contributed by atoms with Gasteiger partial charge in [0.1, 0.15) is 0 Å². The van der Waals surface area contributed by atoms with E-state index in [-0.39, 0.29) is 12.7 Å². The zero-order chi connectivity index (χ0) is 16.4. The molecule has 1 aliphatic heterocycles. The Kier molecular flexibility index (Phi) is 4.64. The lowest BCUT2D eigenvalue weighted by Crippen LogP contribution is -2.30. The minimum Gasteiger partial charge on any atom is -0.454 e. The van der Waals surface area contributed by atoms with E-state index in [1.807, 2.05) is 25.1 Å². The first-order valence-electron chi connectivity index (χ1n) is 7.21. The van der Waals surface area contributed by atoms with E-state index in [1.54, 1.807) is 23.1 Å². The Morgan fingerprint density at radius 1 is 1.13 bits per heavy atom. The molecule has 0 spiro atoms. The molecule has 3 rings (SSSR count). The lowest BCUT2D eigenvalue weighted by atomic mass is 10.1. The first kappa shape index (κ1) is 16.0. The molecule has 0 atom stereocenters. The zero-order valence-corrected chi connectivity index (χ0v) is 14.0. The van der Waals surface area contributed by atoms with Gasteiger partial charge in [-0.2, -0.15) is 0 Å². The van der Waals surface area contributed by atoms with Gasteiger partial charge in [-0.25, -0.2) is 0 Å². The predicted octanol–water partition coefficient (Wildman–Crippen LogP) is 4.38. The van der Waals surface area contributed by atoms with E-state index in [4.69, 9.17) is 32.7 Å². The number of halogens is 2. The number of carbonyl (C=O) groups is 1. The molecule has 1 aliphatic rings. The van der Waals surface area contributed by atoms with Gasteiger partial charge in [-0.1, -0.05) is 29.3 Å². The van der Waals surface area contributed by atoms with Crippen LogP contribution in [0.1, 0.15) is 22.8 Å². The molecule has 0 unspecified atom stereocenters. The van der Waals surface area contributed by atoms with Crippen molar-refractivity contribution in [3.8, 4) is 11.5 Å². The van der Waals surface area contributed by atoms with Crippen molar-refractivity contribution >= 4 is 29.1 Å². The fraction of sp³-hybridized carbons (Fsp3) is 0.235. The van der Waals surface area contributed by atoms with Crippen LogP contribution in [0.5, 0.6) is 11.5 Å². The Balaban J connectivity index is 1.82. The van der Waals surface area contributed by atoms with Crippen LogP contribution >= 0.6 is 23.2 Å². The third-order valence-electron chi connectivity index (χ3n) is 3.64. The third-order valence-corrected chi connectivity index (χ3v) is 4.20. The summed E-state index contributed by atoms with van der Waals surface area (Å²) in [5, 5.41) is 0.875. The van der Waals surface area contributed by atoms with Gasteiger partial charge < -0.3 is 14.4 Å². The van der Waals surface area contributed by atoms with Crippen LogP contribution in [0.15, 0.2) is 36.4 Å². The average molecular weight is 352 g/mol. The molecule has 0 aliphatic carbocycles. The van der Waals surface area contributed by atoms with Crippen molar-refractivity contribution in [2.45, 2.75) is 13.5 Å². The summed E-state index contributed by atoms with van der Waals surface area (Å²) in [5.41, 5.74) is 1.37. The molecule has 1 amide bonds. The van der Waals surface area contributed by atoms with E-state index in [9.17, 15) is 4.79 Å². The Morgan fingerprint density at radius 2 is 1.91 bits per heavy atom. The summed E-state index contributed by atoms with van der Waals surface area (Å²) < 4.78 is 10.7. The monoisotopic (exact) mass is 351 g/mol. The van der Waals surface area contributed by atoms with Crippen molar-refractivity contribution < 1.29 is 14.3 Å². The summed E-state index contributed by atoms with van der Waals surface area (Å²) in [4.78, 5) is 14.4. The highest BCUT2D eigenvalue weighted by atomic mass is 35.5. The summed E-state index contributed by atoms with van der Waals surface area (Å²) in [5.74, 6) is 1.27.